The third-order valence-corrected chi connectivity index (χ3v) is 5.69. The van der Waals surface area contributed by atoms with Gasteiger partial charge in [-0.25, -0.2) is 4.79 Å². The molecule has 0 bridgehead atoms. The first-order valence-corrected chi connectivity index (χ1v) is 11.8. The predicted molar refractivity (Wildman–Crippen MR) is 110 cm³/mol. The highest BCUT2D eigenvalue weighted by molar-refractivity contribution is 7.85. The van der Waals surface area contributed by atoms with E-state index in [1.165, 1.54) is 11.1 Å². The van der Waals surface area contributed by atoms with Gasteiger partial charge in [-0.15, -0.1) is 0 Å². The molecule has 5 unspecified atom stereocenters. The number of rotatable bonds is 6. The van der Waals surface area contributed by atoms with Crippen LogP contribution in [0.25, 0.3) is 0 Å². The number of amides is 3. The molecule has 2 N–H and O–H groups in total. The van der Waals surface area contributed by atoms with Gasteiger partial charge in [0.25, 0.3) is 16.0 Å². The van der Waals surface area contributed by atoms with Crippen LogP contribution in [0.15, 0.2) is 42.6 Å². The van der Waals surface area contributed by atoms with Gasteiger partial charge in [0.2, 0.25) is 0 Å². The summed E-state index contributed by atoms with van der Waals surface area (Å²) in [6.45, 7) is 3.17. The van der Waals surface area contributed by atoms with Gasteiger partial charge < -0.3 is 24.8 Å². The van der Waals surface area contributed by atoms with Gasteiger partial charge in [-0.1, -0.05) is 18.2 Å². The Balaban J connectivity index is 1.46. The monoisotopic (exact) mass is 467 g/mol. The summed E-state index contributed by atoms with van der Waals surface area (Å²) in [4.78, 5) is 26.4. The Bertz CT molecular complexity index is 1010. The van der Waals surface area contributed by atoms with E-state index in [0.29, 0.717) is 5.56 Å². The average molecular weight is 468 g/mol. The Kier molecular flexibility index (Phi) is 5.98. The number of nitrogens with one attached hydrogen (secondary N) is 2. The maximum absolute atomic E-state index is 12.8. The Hall–Kier alpha value is -2.51. The minimum atomic E-state index is -3.69. The summed E-state index contributed by atoms with van der Waals surface area (Å²) in [5, 5.41) is 5.39. The fourth-order valence-electron chi connectivity index (χ4n) is 3.81. The topological polar surface area (TPSA) is 132 Å². The number of nitrogens with zero attached hydrogens (tertiary/aromatic N) is 1. The Morgan fingerprint density at radius 3 is 2.56 bits per heavy atom. The van der Waals surface area contributed by atoms with Crippen LogP contribution in [-0.2, 0) is 28.5 Å². The summed E-state index contributed by atoms with van der Waals surface area (Å²) in [5.41, 5.74) is 0.465. The van der Waals surface area contributed by atoms with E-state index in [-0.39, 0.29) is 12.5 Å². The van der Waals surface area contributed by atoms with Crippen molar-refractivity contribution in [3.63, 3.8) is 0 Å². The molecule has 32 heavy (non-hydrogen) atoms. The number of carbonyl (C=O) groups excluding carboxylic acids is 2. The maximum atomic E-state index is 12.8. The first kappa shape index (κ1) is 22.7. The minimum Gasteiger partial charge on any atom is -0.346 e. The van der Waals surface area contributed by atoms with Crippen LogP contribution in [0.2, 0.25) is 0 Å². The van der Waals surface area contributed by atoms with E-state index in [1.807, 2.05) is 0 Å². The van der Waals surface area contributed by atoms with Gasteiger partial charge in [-0.3, -0.25) is 13.9 Å². The van der Waals surface area contributed by atoms with Crippen molar-refractivity contribution in [2.75, 3.05) is 12.9 Å². The molecule has 4 rings (SSSR count). The quantitative estimate of drug-likeness (QED) is 0.578. The molecule has 2 fully saturated rings. The molecule has 1 aromatic rings. The van der Waals surface area contributed by atoms with Crippen molar-refractivity contribution >= 4 is 22.1 Å². The number of urea groups is 1. The van der Waals surface area contributed by atoms with Crippen LogP contribution in [0.4, 0.5) is 4.79 Å². The van der Waals surface area contributed by atoms with Gasteiger partial charge in [0.15, 0.2) is 12.0 Å². The molecule has 5 atom stereocenters. The van der Waals surface area contributed by atoms with E-state index >= 15 is 0 Å². The standard InChI is InChI=1S/C20H25N3O8S/c1-20(2)30-15-13(11-28-32(3,26)27)29-18(16(15)31-20)23-10-9-14(22-19(23)25)21-17(24)12-7-5-4-6-8-12/h4-10,13-16,18H,11H2,1-3H3,(H,21,24)(H,22,25). The van der Waals surface area contributed by atoms with Gasteiger partial charge in [0.1, 0.15) is 24.5 Å². The van der Waals surface area contributed by atoms with Crippen LogP contribution < -0.4 is 10.6 Å². The van der Waals surface area contributed by atoms with E-state index in [0.717, 1.165) is 6.26 Å². The molecule has 174 valence electrons. The summed E-state index contributed by atoms with van der Waals surface area (Å²) in [5.74, 6) is -1.28. The summed E-state index contributed by atoms with van der Waals surface area (Å²) in [6, 6.07) is 8.10. The molecular weight excluding hydrogens is 442 g/mol. The van der Waals surface area contributed by atoms with E-state index in [1.54, 1.807) is 50.3 Å². The van der Waals surface area contributed by atoms with Gasteiger partial charge in [0, 0.05) is 11.8 Å². The second kappa shape index (κ2) is 8.45. The average Bonchev–Trinajstić information content (AvgIpc) is 3.20. The molecule has 2 saturated heterocycles. The third-order valence-electron chi connectivity index (χ3n) is 5.12. The summed E-state index contributed by atoms with van der Waals surface area (Å²) in [7, 11) is -3.69. The fraction of sp³-hybridized carbons (Fsp3) is 0.500. The molecule has 3 heterocycles. The second-order valence-electron chi connectivity index (χ2n) is 8.13. The van der Waals surface area contributed by atoms with Crippen LogP contribution in [-0.4, -0.2) is 74.6 Å². The second-order valence-corrected chi connectivity index (χ2v) is 9.78. The molecule has 12 heteroatoms. The van der Waals surface area contributed by atoms with Crippen LogP contribution in [0.3, 0.4) is 0 Å². The minimum absolute atomic E-state index is 0.273. The first-order chi connectivity index (χ1) is 15.0. The molecule has 0 radical (unpaired) electrons. The summed E-state index contributed by atoms with van der Waals surface area (Å²) >= 11 is 0. The van der Waals surface area contributed by atoms with Crippen molar-refractivity contribution in [3.8, 4) is 0 Å². The molecule has 3 amide bonds. The van der Waals surface area contributed by atoms with Crippen LogP contribution >= 0.6 is 0 Å². The zero-order valence-electron chi connectivity index (χ0n) is 17.8. The highest BCUT2D eigenvalue weighted by atomic mass is 32.2. The highest BCUT2D eigenvalue weighted by Gasteiger charge is 2.57. The van der Waals surface area contributed by atoms with Crippen molar-refractivity contribution in [1.82, 2.24) is 15.5 Å². The van der Waals surface area contributed by atoms with Gasteiger partial charge >= 0.3 is 6.03 Å². The lowest BCUT2D eigenvalue weighted by Crippen LogP contribution is -2.57. The van der Waals surface area contributed by atoms with Crippen LogP contribution in [0, 0.1) is 0 Å². The summed E-state index contributed by atoms with van der Waals surface area (Å²) in [6.07, 6.45) is 0.377. The lowest BCUT2D eigenvalue weighted by atomic mass is 10.1. The smallest absolute Gasteiger partial charge is 0.325 e. The number of ether oxygens (including phenoxy) is 3. The number of benzene rings is 1. The molecule has 3 aliphatic rings. The van der Waals surface area contributed by atoms with Crippen molar-refractivity contribution in [1.29, 1.82) is 0 Å². The van der Waals surface area contributed by atoms with Crippen molar-refractivity contribution in [2.24, 2.45) is 0 Å². The SMILES string of the molecule is CC1(C)OC2C(COS(C)(=O)=O)OC(N3C=CC(NC(=O)c4ccccc4)NC3=O)C2O1. The third kappa shape index (κ3) is 4.94. The van der Waals surface area contributed by atoms with Crippen molar-refractivity contribution in [2.45, 2.75) is 50.3 Å². The van der Waals surface area contributed by atoms with Gasteiger partial charge in [-0.2, -0.15) is 8.42 Å². The first-order valence-electron chi connectivity index (χ1n) is 10.0. The lowest BCUT2D eigenvalue weighted by Gasteiger charge is -2.34. The summed E-state index contributed by atoms with van der Waals surface area (Å²) < 4.78 is 45.4. The van der Waals surface area contributed by atoms with E-state index in [2.05, 4.69) is 10.6 Å². The largest absolute Gasteiger partial charge is 0.346 e. The number of fused-ring (bicyclic) bond motifs is 1. The number of hydrogen-bond acceptors (Lipinski definition) is 8. The molecular formula is C20H25N3O8S. The maximum Gasteiger partial charge on any atom is 0.325 e. The Labute approximate surface area is 185 Å². The number of hydrogen-bond donors (Lipinski definition) is 2. The van der Waals surface area contributed by atoms with E-state index in [4.69, 9.17) is 18.4 Å². The van der Waals surface area contributed by atoms with E-state index < -0.39 is 52.6 Å². The Morgan fingerprint density at radius 1 is 1.22 bits per heavy atom. The number of carbonyl (C=O) groups is 2. The van der Waals surface area contributed by atoms with Crippen LogP contribution in [0.5, 0.6) is 0 Å². The fourth-order valence-corrected chi connectivity index (χ4v) is 4.19. The molecule has 3 aliphatic heterocycles. The van der Waals surface area contributed by atoms with Gasteiger partial charge in [-0.05, 0) is 32.1 Å². The zero-order chi connectivity index (χ0) is 23.1. The van der Waals surface area contributed by atoms with Gasteiger partial charge in [0.05, 0.1) is 12.9 Å². The molecule has 0 aromatic heterocycles. The normalized spacial score (nSPS) is 31.3. The van der Waals surface area contributed by atoms with Crippen molar-refractivity contribution in [3.05, 3.63) is 48.2 Å². The predicted octanol–water partition coefficient (Wildman–Crippen LogP) is 0.503. The highest BCUT2D eigenvalue weighted by Crippen LogP contribution is 2.40. The molecule has 11 nitrogen and oxygen atoms in total. The molecule has 0 spiro atoms. The Morgan fingerprint density at radius 2 is 1.91 bits per heavy atom. The lowest BCUT2D eigenvalue weighted by molar-refractivity contribution is -0.200. The molecule has 0 aliphatic carbocycles. The molecule has 0 saturated carbocycles. The van der Waals surface area contributed by atoms with Crippen molar-refractivity contribution < 1.29 is 36.4 Å². The molecule has 1 aromatic carbocycles. The zero-order valence-corrected chi connectivity index (χ0v) is 18.6. The van der Waals surface area contributed by atoms with E-state index in [9.17, 15) is 18.0 Å². The van der Waals surface area contributed by atoms with Crippen LogP contribution in [0.1, 0.15) is 24.2 Å².